The van der Waals surface area contributed by atoms with Gasteiger partial charge in [0, 0.05) is 12.6 Å². The van der Waals surface area contributed by atoms with Gasteiger partial charge in [0.15, 0.2) is 0 Å². The number of carbonyl (C=O) groups excluding carboxylic acids is 2. The van der Waals surface area contributed by atoms with Crippen LogP contribution < -0.4 is 5.32 Å². The van der Waals surface area contributed by atoms with Crippen molar-refractivity contribution in [1.29, 1.82) is 0 Å². The predicted molar refractivity (Wildman–Crippen MR) is 69.2 cm³/mol. The van der Waals surface area contributed by atoms with Crippen molar-refractivity contribution in [3.8, 4) is 0 Å². The summed E-state index contributed by atoms with van der Waals surface area (Å²) in [6, 6.07) is 3.71. The van der Waals surface area contributed by atoms with E-state index in [1.54, 1.807) is 0 Å². The molecule has 0 aliphatic rings. The number of amides is 1. The molecule has 0 atom stereocenters. The fraction of sp³-hybridized carbons (Fsp3) is 0.385. The van der Waals surface area contributed by atoms with E-state index in [2.05, 4.69) is 5.32 Å². The van der Waals surface area contributed by atoms with Crippen LogP contribution in [0.2, 0.25) is 0 Å². The molecule has 1 rings (SSSR count). The van der Waals surface area contributed by atoms with Gasteiger partial charge in [0.2, 0.25) is 5.91 Å². The molecular formula is C13H17N2O3-. The Morgan fingerprint density at radius 2 is 1.83 bits per heavy atom. The highest BCUT2D eigenvalue weighted by atomic mass is 16.5. The maximum atomic E-state index is 11.2. The molecular weight excluding hydrogens is 232 g/mol. The lowest BCUT2D eigenvalue weighted by Crippen LogP contribution is -2.15. The van der Waals surface area contributed by atoms with Crippen molar-refractivity contribution in [3.05, 3.63) is 34.6 Å². The second-order valence-corrected chi connectivity index (χ2v) is 4.11. The Morgan fingerprint density at radius 3 is 2.28 bits per heavy atom. The Morgan fingerprint density at radius 1 is 1.28 bits per heavy atom. The van der Waals surface area contributed by atoms with Gasteiger partial charge in [-0.05, 0) is 30.5 Å². The summed E-state index contributed by atoms with van der Waals surface area (Å²) in [5.41, 5.74) is 10.4. The molecule has 18 heavy (non-hydrogen) atoms. The highest BCUT2D eigenvalue weighted by Gasteiger charge is 2.07. The smallest absolute Gasteiger partial charge is 0.302 e. The molecule has 1 amide bonds. The quantitative estimate of drug-likeness (QED) is 0.832. The minimum absolute atomic E-state index is 0.226. The van der Waals surface area contributed by atoms with E-state index in [-0.39, 0.29) is 25.0 Å². The lowest BCUT2D eigenvalue weighted by Gasteiger charge is -2.14. The number of benzene rings is 1. The summed E-state index contributed by atoms with van der Waals surface area (Å²) in [6.07, 6.45) is 0. The fourth-order valence-electron chi connectivity index (χ4n) is 1.70. The van der Waals surface area contributed by atoms with Crippen LogP contribution in [0.4, 0.5) is 5.69 Å². The Balaban J connectivity index is 2.90. The zero-order chi connectivity index (χ0) is 13.7. The average Bonchev–Trinajstić information content (AvgIpc) is 2.30. The number of hydrogen-bond acceptors (Lipinski definition) is 3. The van der Waals surface area contributed by atoms with E-state index in [0.29, 0.717) is 0 Å². The van der Waals surface area contributed by atoms with E-state index < -0.39 is 0 Å². The Labute approximate surface area is 106 Å². The van der Waals surface area contributed by atoms with Gasteiger partial charge < -0.3 is 15.8 Å². The van der Waals surface area contributed by atoms with Crippen LogP contribution in [0.1, 0.15) is 23.6 Å². The highest BCUT2D eigenvalue weighted by Crippen LogP contribution is 2.22. The maximum Gasteiger partial charge on any atom is 0.302 e. The number of aryl methyl sites for hydroxylation is 2. The third-order valence-corrected chi connectivity index (χ3v) is 2.46. The van der Waals surface area contributed by atoms with Crippen LogP contribution in [0.3, 0.4) is 0 Å². The van der Waals surface area contributed by atoms with E-state index in [1.165, 1.54) is 6.92 Å². The summed E-state index contributed by atoms with van der Waals surface area (Å²) < 4.78 is 4.92. The monoisotopic (exact) mass is 249 g/mol. The average molecular weight is 249 g/mol. The van der Waals surface area contributed by atoms with Crippen LogP contribution in [-0.2, 0) is 20.9 Å². The number of rotatable bonds is 4. The van der Waals surface area contributed by atoms with Gasteiger partial charge in [-0.2, -0.15) is 0 Å². The summed E-state index contributed by atoms with van der Waals surface area (Å²) in [4.78, 5) is 22.0. The highest BCUT2D eigenvalue weighted by molar-refractivity contribution is 5.94. The van der Waals surface area contributed by atoms with Crippen LogP contribution in [0.25, 0.3) is 5.73 Å². The zero-order valence-electron chi connectivity index (χ0n) is 10.8. The van der Waals surface area contributed by atoms with Gasteiger partial charge in [-0.25, -0.2) is 0 Å². The van der Waals surface area contributed by atoms with E-state index in [1.807, 2.05) is 26.0 Å². The molecule has 2 N–H and O–H groups in total. The first-order valence-electron chi connectivity index (χ1n) is 5.62. The second kappa shape index (κ2) is 6.16. The molecule has 0 aliphatic heterocycles. The molecule has 0 bridgehead atoms. The first kappa shape index (κ1) is 14.2. The van der Waals surface area contributed by atoms with Gasteiger partial charge in [-0.15, -0.1) is 0 Å². The van der Waals surface area contributed by atoms with Crippen molar-refractivity contribution in [3.63, 3.8) is 0 Å². The van der Waals surface area contributed by atoms with Crippen LogP contribution in [-0.4, -0.2) is 18.4 Å². The molecule has 0 fully saturated rings. The first-order valence-corrected chi connectivity index (χ1v) is 5.62. The van der Waals surface area contributed by atoms with Gasteiger partial charge in [-0.3, -0.25) is 9.59 Å². The minimum Gasteiger partial charge on any atom is -0.670 e. The van der Waals surface area contributed by atoms with Gasteiger partial charge in [0.1, 0.15) is 6.61 Å². The van der Waals surface area contributed by atoms with Crippen molar-refractivity contribution < 1.29 is 14.3 Å². The van der Waals surface area contributed by atoms with Crippen molar-refractivity contribution in [2.24, 2.45) is 0 Å². The Bertz CT molecular complexity index is 446. The Hall–Kier alpha value is -1.88. The van der Waals surface area contributed by atoms with Crippen LogP contribution in [0.5, 0.6) is 0 Å². The van der Waals surface area contributed by atoms with Crippen molar-refractivity contribution in [1.82, 2.24) is 0 Å². The third kappa shape index (κ3) is 3.85. The third-order valence-electron chi connectivity index (χ3n) is 2.46. The van der Waals surface area contributed by atoms with E-state index in [0.717, 1.165) is 22.4 Å². The molecule has 5 heteroatoms. The van der Waals surface area contributed by atoms with Gasteiger partial charge >= 0.3 is 5.97 Å². The van der Waals surface area contributed by atoms with Crippen LogP contribution >= 0.6 is 0 Å². The molecule has 0 heterocycles. The molecule has 0 saturated carbocycles. The number of carbonyl (C=O) groups is 2. The van der Waals surface area contributed by atoms with Crippen LogP contribution in [0, 0.1) is 13.8 Å². The second-order valence-electron chi connectivity index (χ2n) is 4.11. The summed E-state index contributed by atoms with van der Waals surface area (Å²) in [6.45, 7) is 5.02. The summed E-state index contributed by atoms with van der Waals surface area (Å²) in [5.74, 6) is -0.661. The van der Waals surface area contributed by atoms with E-state index >= 15 is 0 Å². The predicted octanol–water partition coefficient (Wildman–Crippen LogP) is 2.36. The SMILES string of the molecule is CC(=O)OCc1cc(C)c(NC(=O)C[NH-])c(C)c1. The number of anilines is 1. The largest absolute Gasteiger partial charge is 0.670 e. The number of esters is 1. The maximum absolute atomic E-state index is 11.2. The van der Waals surface area contributed by atoms with Crippen molar-refractivity contribution in [2.45, 2.75) is 27.4 Å². The molecule has 98 valence electrons. The summed E-state index contributed by atoms with van der Waals surface area (Å²) in [7, 11) is 0. The first-order chi connectivity index (χ1) is 8.43. The number of ether oxygens (including phenoxy) is 1. The van der Waals surface area contributed by atoms with E-state index in [4.69, 9.17) is 10.5 Å². The van der Waals surface area contributed by atoms with E-state index in [9.17, 15) is 9.59 Å². The molecule has 0 aromatic heterocycles. The lowest BCUT2D eigenvalue weighted by atomic mass is 10.0. The molecule has 5 nitrogen and oxygen atoms in total. The normalized spacial score (nSPS) is 10.0. The Kier molecular flexibility index (Phi) is 4.85. The lowest BCUT2D eigenvalue weighted by molar-refractivity contribution is -0.142. The van der Waals surface area contributed by atoms with Crippen LogP contribution in [0.15, 0.2) is 12.1 Å². The summed E-state index contributed by atoms with van der Waals surface area (Å²) >= 11 is 0. The molecule has 0 spiro atoms. The minimum atomic E-state index is -0.339. The fourth-order valence-corrected chi connectivity index (χ4v) is 1.70. The standard InChI is InChI=1S/C13H17N2O3/c1-8-4-11(7-18-10(3)16)5-9(2)13(8)15-12(17)6-14/h4-5,14H,6-7H2,1-3H3,(H,15,17)/q-1. The van der Waals surface area contributed by atoms with Crippen molar-refractivity contribution >= 4 is 17.6 Å². The van der Waals surface area contributed by atoms with Gasteiger partial charge in [0.05, 0.1) is 0 Å². The van der Waals surface area contributed by atoms with Gasteiger partial charge in [0.25, 0.3) is 0 Å². The molecule has 1 aromatic carbocycles. The molecule has 0 unspecified atom stereocenters. The topological polar surface area (TPSA) is 79.2 Å². The molecule has 0 radical (unpaired) electrons. The number of hydrogen-bond donors (Lipinski definition) is 1. The van der Waals surface area contributed by atoms with Crippen molar-refractivity contribution in [2.75, 3.05) is 11.9 Å². The molecule has 1 aromatic rings. The zero-order valence-corrected chi connectivity index (χ0v) is 10.8. The molecule has 0 aliphatic carbocycles. The summed E-state index contributed by atoms with van der Waals surface area (Å²) in [5, 5.41) is 2.69. The van der Waals surface area contributed by atoms with Gasteiger partial charge in [-0.1, -0.05) is 18.7 Å². The molecule has 0 saturated heterocycles. The number of nitrogens with one attached hydrogen (secondary N) is 2.